The highest BCUT2D eigenvalue weighted by molar-refractivity contribution is 7.92. The average molecular weight is 1020 g/mol. The van der Waals surface area contributed by atoms with Gasteiger partial charge in [0.15, 0.2) is 0 Å². The molecule has 2 aromatic carbocycles. The van der Waals surface area contributed by atoms with E-state index in [0.29, 0.717) is 87.5 Å². The number of pyridine rings is 2. The number of nitrogens with zero attached hydrogens (tertiary/aromatic N) is 10. The fourth-order valence-electron chi connectivity index (χ4n) is 9.85. The number of carbonyl (C=O) groups excluding carboxylic acids is 6. The van der Waals surface area contributed by atoms with Crippen molar-refractivity contribution in [1.29, 1.82) is 0 Å². The van der Waals surface area contributed by atoms with Crippen LogP contribution in [-0.4, -0.2) is 156 Å². The van der Waals surface area contributed by atoms with Crippen molar-refractivity contribution in [1.82, 2.24) is 49.9 Å². The molecule has 5 aromatic rings. The lowest BCUT2D eigenvalue weighted by Gasteiger charge is -2.34. The molecule has 7 heterocycles. The smallest absolute Gasteiger partial charge is 0.267 e. The van der Waals surface area contributed by atoms with Crippen LogP contribution in [0.4, 0.5) is 20.4 Å². The van der Waals surface area contributed by atoms with E-state index in [4.69, 9.17) is 4.74 Å². The Kier molecular flexibility index (Phi) is 15.1. The van der Waals surface area contributed by atoms with Crippen LogP contribution in [-0.2, 0) is 47.6 Å². The zero-order valence-corrected chi connectivity index (χ0v) is 41.1. The van der Waals surface area contributed by atoms with Gasteiger partial charge in [-0.05, 0) is 99.3 Å². The van der Waals surface area contributed by atoms with Gasteiger partial charge >= 0.3 is 0 Å². The first kappa shape index (κ1) is 50.6. The number of likely N-dealkylation sites (tertiary alicyclic amines) is 1. The van der Waals surface area contributed by atoms with Gasteiger partial charge in [0.05, 0.1) is 52.2 Å². The first-order valence-electron chi connectivity index (χ1n) is 24.0. The fourth-order valence-corrected chi connectivity index (χ4v) is 11.2. The van der Waals surface area contributed by atoms with Crippen molar-refractivity contribution >= 4 is 56.8 Å². The summed E-state index contributed by atoms with van der Waals surface area (Å²) in [6.45, 7) is 4.42. The van der Waals surface area contributed by atoms with Crippen molar-refractivity contribution in [2.75, 3.05) is 71.0 Å². The van der Waals surface area contributed by atoms with Gasteiger partial charge in [-0.2, -0.15) is 4.36 Å². The minimum atomic E-state index is -2.99. The number of aryl methyl sites for hydroxylation is 1. The molecule has 6 amide bonds. The number of piperazine rings is 1. The summed E-state index contributed by atoms with van der Waals surface area (Å²) < 4.78 is 53.2. The topological polar surface area (TPSA) is 235 Å². The van der Waals surface area contributed by atoms with E-state index >= 15 is 0 Å². The molecule has 3 fully saturated rings. The van der Waals surface area contributed by atoms with Crippen LogP contribution in [0.3, 0.4) is 0 Å². The largest absolute Gasteiger partial charge is 0.496 e. The normalized spacial score (nSPS) is 18.6. The van der Waals surface area contributed by atoms with Crippen LogP contribution in [0.15, 0.2) is 77.6 Å². The van der Waals surface area contributed by atoms with Crippen molar-refractivity contribution in [2.24, 2.45) is 4.36 Å². The van der Waals surface area contributed by atoms with Gasteiger partial charge in [-0.3, -0.25) is 48.8 Å². The first-order valence-corrected chi connectivity index (χ1v) is 26.1. The summed E-state index contributed by atoms with van der Waals surface area (Å²) in [5.41, 5.74) is 3.17. The van der Waals surface area contributed by atoms with Gasteiger partial charge in [0, 0.05) is 74.4 Å². The van der Waals surface area contributed by atoms with Gasteiger partial charge in [-0.25, -0.2) is 27.6 Å². The average Bonchev–Trinajstić information content (AvgIpc) is 3.93. The maximum absolute atomic E-state index is 14.8. The summed E-state index contributed by atoms with van der Waals surface area (Å²) in [4.78, 5) is 92.8. The Balaban J connectivity index is 0.695. The molecule has 0 radical (unpaired) electrons. The van der Waals surface area contributed by atoms with E-state index in [-0.39, 0.29) is 66.2 Å². The summed E-state index contributed by atoms with van der Waals surface area (Å²) in [5, 5.41) is 13.9. The molecule has 2 atom stereocenters. The zero-order chi connectivity index (χ0) is 51.4. The molecule has 0 bridgehead atoms. The minimum Gasteiger partial charge on any atom is -0.496 e. The van der Waals surface area contributed by atoms with Crippen molar-refractivity contribution in [3.63, 3.8) is 0 Å². The van der Waals surface area contributed by atoms with Crippen LogP contribution in [0.5, 0.6) is 5.75 Å². The highest BCUT2D eigenvalue weighted by Gasteiger charge is 2.45. The van der Waals surface area contributed by atoms with E-state index in [0.717, 1.165) is 35.0 Å². The number of halogens is 2. The first-order chi connectivity index (χ1) is 35.1. The molecule has 382 valence electrons. The lowest BCUT2D eigenvalue weighted by Crippen LogP contribution is -2.54. The highest BCUT2D eigenvalue weighted by atomic mass is 32.2. The lowest BCUT2D eigenvalue weighted by atomic mass is 9.94. The molecule has 4 aliphatic rings. The molecule has 0 spiro atoms. The van der Waals surface area contributed by atoms with Crippen LogP contribution in [0, 0.1) is 11.6 Å². The number of carbonyl (C=O) groups is 6. The van der Waals surface area contributed by atoms with Gasteiger partial charge in [-0.1, -0.05) is 17.3 Å². The summed E-state index contributed by atoms with van der Waals surface area (Å²) in [7, 11) is -1.62. The Morgan fingerprint density at radius 3 is 2.42 bits per heavy atom. The quantitative estimate of drug-likeness (QED) is 0.133. The van der Waals surface area contributed by atoms with Crippen molar-refractivity contribution < 1.29 is 46.5 Å². The van der Waals surface area contributed by atoms with E-state index in [2.05, 4.69) is 40.2 Å². The molecule has 0 aliphatic carbocycles. The standard InChI is InChI=1S/C50H54F2N12O8S/c1-72-41-24-34(51)8-9-35(41)37-25-43(54-26-38(37)52)55-42-23-31(12-15-53-42)30-73(2,71)58-45(66)28-61-17-13-32(14-18-61)39-27-63(59-57-39)29-46(67)62-21-19-60(20-22-62)16-4-6-33-5-3-7-36-47(33)50(70)64(49(36)69)40-10-11-44(65)56-48(40)68/h3,5,7-9,12,15,23-27,32,40H,4,6,10-11,13-14,16-22,28-30H2,1-2H3,(H,53,54,55)(H,56,65,68). The van der Waals surface area contributed by atoms with E-state index < -0.39 is 56.9 Å². The predicted octanol–water partition coefficient (Wildman–Crippen LogP) is 3.95. The molecule has 0 saturated carbocycles. The maximum atomic E-state index is 14.8. The minimum absolute atomic E-state index is 0.0115. The summed E-state index contributed by atoms with van der Waals surface area (Å²) in [5.74, 6) is -3.00. The van der Waals surface area contributed by atoms with E-state index in [1.54, 1.807) is 28.9 Å². The van der Waals surface area contributed by atoms with E-state index in [1.165, 1.54) is 37.8 Å². The monoisotopic (exact) mass is 1020 g/mol. The summed E-state index contributed by atoms with van der Waals surface area (Å²) in [6, 6.07) is 12.7. The number of amides is 6. The number of aromatic nitrogens is 5. The number of hydrogen-bond donors (Lipinski definition) is 2. The molecule has 23 heteroatoms. The molecule has 3 aromatic heterocycles. The third-order valence-electron chi connectivity index (χ3n) is 13.5. The third kappa shape index (κ3) is 11.8. The highest BCUT2D eigenvalue weighted by Crippen LogP contribution is 2.35. The number of imide groups is 2. The van der Waals surface area contributed by atoms with Gasteiger partial charge in [-0.15, -0.1) is 5.10 Å². The van der Waals surface area contributed by atoms with E-state index in [1.807, 2.05) is 22.1 Å². The summed E-state index contributed by atoms with van der Waals surface area (Å²) >= 11 is 0. The van der Waals surface area contributed by atoms with Crippen LogP contribution in [0.2, 0.25) is 0 Å². The number of methoxy groups -OCH3 is 1. The van der Waals surface area contributed by atoms with Crippen molar-refractivity contribution in [3.8, 4) is 16.9 Å². The van der Waals surface area contributed by atoms with Gasteiger partial charge < -0.3 is 15.0 Å². The second-order valence-electron chi connectivity index (χ2n) is 18.7. The van der Waals surface area contributed by atoms with Crippen LogP contribution in [0.25, 0.3) is 11.1 Å². The Hall–Kier alpha value is -7.37. The van der Waals surface area contributed by atoms with E-state index in [9.17, 15) is 41.8 Å². The Morgan fingerprint density at radius 2 is 1.66 bits per heavy atom. The number of benzene rings is 2. The number of ether oxygens (including phenoxy) is 1. The fraction of sp³-hybridized carbons (Fsp3) is 0.400. The number of nitrogens with one attached hydrogen (secondary N) is 2. The molecule has 73 heavy (non-hydrogen) atoms. The second kappa shape index (κ2) is 21.8. The number of fused-ring (bicyclic) bond motifs is 1. The van der Waals surface area contributed by atoms with Crippen LogP contribution < -0.4 is 15.4 Å². The van der Waals surface area contributed by atoms with Gasteiger partial charge in [0.2, 0.25) is 17.7 Å². The molecule has 2 unspecified atom stereocenters. The summed E-state index contributed by atoms with van der Waals surface area (Å²) in [6.07, 6.45) is 8.62. The van der Waals surface area contributed by atoms with Crippen molar-refractivity contribution in [3.05, 3.63) is 113 Å². The molecule has 9 rings (SSSR count). The number of hydrogen-bond acceptors (Lipinski definition) is 15. The molecular formula is C50H54F2N12O8S. The molecular weight excluding hydrogens is 967 g/mol. The maximum Gasteiger partial charge on any atom is 0.267 e. The second-order valence-corrected chi connectivity index (χ2v) is 21.1. The Labute approximate surface area is 419 Å². The van der Waals surface area contributed by atoms with Crippen LogP contribution in [0.1, 0.15) is 75.6 Å². The lowest BCUT2D eigenvalue weighted by molar-refractivity contribution is -0.136. The Bertz CT molecular complexity index is 3110. The number of rotatable bonds is 16. The molecule has 3 saturated heterocycles. The molecule has 20 nitrogen and oxygen atoms in total. The number of anilines is 2. The van der Waals surface area contributed by atoms with Crippen LogP contribution >= 0.6 is 0 Å². The predicted molar refractivity (Wildman–Crippen MR) is 262 cm³/mol. The third-order valence-corrected chi connectivity index (χ3v) is 15.0. The number of piperidine rings is 2. The Morgan fingerprint density at radius 1 is 0.877 bits per heavy atom. The SMILES string of the molecule is COc1cc(F)ccc1-c1cc(Nc2cc(CS(C)(=O)=NC(=O)CN3CCC(c4cn(CC(=O)N5CCN(CCCc6cccc7c6C(=O)N(C6CCC(=O)NC6=O)C7=O)CC5)nn4)CC3)ccn2)ncc1F. The van der Waals surface area contributed by atoms with Gasteiger partial charge in [0.1, 0.15) is 41.6 Å². The zero-order valence-electron chi connectivity index (χ0n) is 40.3. The van der Waals surface area contributed by atoms with Gasteiger partial charge in [0.25, 0.3) is 17.7 Å². The molecule has 2 N–H and O–H groups in total. The van der Waals surface area contributed by atoms with Crippen molar-refractivity contribution in [2.45, 2.75) is 62.8 Å². The molecule has 4 aliphatic heterocycles.